The molecule has 1 N–H and O–H groups in total. The van der Waals surface area contributed by atoms with Gasteiger partial charge in [-0.15, -0.1) is 5.10 Å². The Balaban J connectivity index is 1.87. The summed E-state index contributed by atoms with van der Waals surface area (Å²) in [5, 5.41) is 17.1. The van der Waals surface area contributed by atoms with E-state index in [-0.39, 0.29) is 11.7 Å². The average molecular weight is 326 g/mol. The van der Waals surface area contributed by atoms with E-state index < -0.39 is 0 Å². The molecule has 0 bridgehead atoms. The third-order valence-electron chi connectivity index (χ3n) is 3.15. The summed E-state index contributed by atoms with van der Waals surface area (Å²) in [5.74, 6) is 0.735. The smallest absolute Gasteiger partial charge is 0.230 e. The van der Waals surface area contributed by atoms with Crippen molar-refractivity contribution in [3.05, 3.63) is 30.1 Å². The number of nitrogens with one attached hydrogen (secondary N) is 1. The number of fused-ring (bicyclic) bond motifs is 3. The molecule has 0 fully saturated rings. The van der Waals surface area contributed by atoms with Crippen LogP contribution < -0.4 is 5.32 Å². The second-order valence-electron chi connectivity index (χ2n) is 4.85. The zero-order valence-corrected chi connectivity index (χ0v) is 13.3. The topological polar surface area (TPSA) is 96.0 Å². The molecule has 0 saturated carbocycles. The Hall–Kier alpha value is -2.66. The second kappa shape index (κ2) is 6.62. The zero-order valence-electron chi connectivity index (χ0n) is 12.5. The first-order valence-electron chi connectivity index (χ1n) is 7.07. The summed E-state index contributed by atoms with van der Waals surface area (Å²) >= 11 is 1.30. The van der Waals surface area contributed by atoms with E-state index >= 15 is 0 Å². The summed E-state index contributed by atoms with van der Waals surface area (Å²) in [5.41, 5.74) is 1.56. The van der Waals surface area contributed by atoms with Crippen molar-refractivity contribution in [2.24, 2.45) is 0 Å². The third-order valence-corrected chi connectivity index (χ3v) is 4.08. The highest BCUT2D eigenvalue weighted by Gasteiger charge is 2.13. The van der Waals surface area contributed by atoms with Gasteiger partial charge in [0.2, 0.25) is 5.91 Å². The minimum absolute atomic E-state index is 0.134. The predicted molar refractivity (Wildman–Crippen MR) is 87.0 cm³/mol. The fraction of sp³-hybridized carbons (Fsp3) is 0.267. The number of hydrogen-bond acceptors (Lipinski definition) is 6. The first kappa shape index (κ1) is 15.2. The van der Waals surface area contributed by atoms with Crippen LogP contribution in [0.5, 0.6) is 0 Å². The van der Waals surface area contributed by atoms with Gasteiger partial charge < -0.3 is 5.32 Å². The number of thioether (sulfide) groups is 1. The van der Waals surface area contributed by atoms with Crippen LogP contribution in [0.1, 0.15) is 12.2 Å². The maximum absolute atomic E-state index is 11.8. The number of rotatable bonds is 5. The van der Waals surface area contributed by atoms with Gasteiger partial charge in [-0.05, 0) is 19.1 Å². The number of amides is 1. The van der Waals surface area contributed by atoms with Crippen molar-refractivity contribution >= 4 is 34.2 Å². The Bertz CT molecular complexity index is 913. The number of benzene rings is 1. The van der Waals surface area contributed by atoms with Crippen LogP contribution in [-0.4, -0.2) is 37.8 Å². The number of nitrogens with zero attached hydrogens (tertiary/aromatic N) is 5. The molecule has 23 heavy (non-hydrogen) atoms. The molecule has 0 aliphatic rings. The SMILES string of the molecule is Cc1nc2c3ccccc3nc(SCC(=O)NCCC#N)n2n1. The van der Waals surface area contributed by atoms with E-state index in [0.29, 0.717) is 23.9 Å². The van der Waals surface area contributed by atoms with Gasteiger partial charge in [0.05, 0.1) is 23.8 Å². The first-order valence-corrected chi connectivity index (χ1v) is 8.06. The molecule has 3 rings (SSSR count). The van der Waals surface area contributed by atoms with E-state index in [9.17, 15) is 4.79 Å². The number of carbonyl (C=O) groups excluding carboxylic acids is 1. The molecule has 7 nitrogen and oxygen atoms in total. The molecule has 116 valence electrons. The lowest BCUT2D eigenvalue weighted by Crippen LogP contribution is -2.26. The fourth-order valence-corrected chi connectivity index (χ4v) is 2.94. The molecule has 8 heteroatoms. The van der Waals surface area contributed by atoms with Crippen LogP contribution in [0.3, 0.4) is 0 Å². The lowest BCUT2D eigenvalue weighted by Gasteiger charge is -2.06. The largest absolute Gasteiger partial charge is 0.354 e. The van der Waals surface area contributed by atoms with Gasteiger partial charge in [-0.2, -0.15) is 9.78 Å². The molecule has 0 atom stereocenters. The van der Waals surface area contributed by atoms with E-state index in [4.69, 9.17) is 5.26 Å². The molecule has 0 saturated heterocycles. The molecule has 2 heterocycles. The van der Waals surface area contributed by atoms with Crippen LogP contribution in [0, 0.1) is 18.3 Å². The predicted octanol–water partition coefficient (Wildman–Crippen LogP) is 1.71. The minimum atomic E-state index is -0.134. The molecule has 0 unspecified atom stereocenters. The zero-order chi connectivity index (χ0) is 16.2. The second-order valence-corrected chi connectivity index (χ2v) is 5.80. The van der Waals surface area contributed by atoms with E-state index in [0.717, 1.165) is 16.6 Å². The van der Waals surface area contributed by atoms with Crippen LogP contribution in [0.15, 0.2) is 29.4 Å². The summed E-state index contributed by atoms with van der Waals surface area (Å²) < 4.78 is 1.67. The summed E-state index contributed by atoms with van der Waals surface area (Å²) in [6, 6.07) is 9.70. The van der Waals surface area contributed by atoms with E-state index in [1.807, 2.05) is 37.3 Å². The van der Waals surface area contributed by atoms with Gasteiger partial charge in [0.1, 0.15) is 5.82 Å². The molecular formula is C15H14N6OS. The highest BCUT2D eigenvalue weighted by molar-refractivity contribution is 7.99. The third kappa shape index (κ3) is 3.24. The average Bonchev–Trinajstić information content (AvgIpc) is 2.95. The first-order chi connectivity index (χ1) is 11.2. The van der Waals surface area contributed by atoms with Gasteiger partial charge in [0.25, 0.3) is 0 Å². The van der Waals surface area contributed by atoms with Crippen molar-refractivity contribution in [3.8, 4) is 6.07 Å². The molecule has 0 radical (unpaired) electrons. The number of nitriles is 1. The van der Waals surface area contributed by atoms with Crippen LogP contribution >= 0.6 is 11.8 Å². The molecule has 3 aromatic rings. The number of hydrogen-bond donors (Lipinski definition) is 1. The number of carbonyl (C=O) groups is 1. The monoisotopic (exact) mass is 326 g/mol. The quantitative estimate of drug-likeness (QED) is 0.435. The summed E-state index contributed by atoms with van der Waals surface area (Å²) in [7, 11) is 0. The Kier molecular flexibility index (Phi) is 4.39. The Labute approximate surface area is 136 Å². The minimum Gasteiger partial charge on any atom is -0.354 e. The van der Waals surface area contributed by atoms with E-state index in [1.54, 1.807) is 4.52 Å². The summed E-state index contributed by atoms with van der Waals surface area (Å²) in [6.07, 6.45) is 0.303. The van der Waals surface area contributed by atoms with Crippen molar-refractivity contribution in [2.45, 2.75) is 18.5 Å². The highest BCUT2D eigenvalue weighted by atomic mass is 32.2. The Morgan fingerprint density at radius 2 is 2.22 bits per heavy atom. The molecule has 0 aliphatic carbocycles. The number of para-hydroxylation sites is 1. The van der Waals surface area contributed by atoms with Gasteiger partial charge in [0.15, 0.2) is 10.8 Å². The van der Waals surface area contributed by atoms with E-state index in [2.05, 4.69) is 20.4 Å². The molecule has 1 amide bonds. The van der Waals surface area contributed by atoms with Crippen LogP contribution in [0.4, 0.5) is 0 Å². The standard InChI is InChI=1S/C15H14N6OS/c1-10-18-14-11-5-2-3-6-12(11)19-15(21(14)20-10)23-9-13(22)17-8-4-7-16/h2-3,5-6H,4,8-9H2,1H3,(H,17,22). The fourth-order valence-electron chi connectivity index (χ4n) is 2.17. The Morgan fingerprint density at radius 3 is 3.04 bits per heavy atom. The highest BCUT2D eigenvalue weighted by Crippen LogP contribution is 2.23. The molecule has 2 aromatic heterocycles. The summed E-state index contributed by atoms with van der Waals surface area (Å²) in [6.45, 7) is 2.18. The van der Waals surface area contributed by atoms with Gasteiger partial charge >= 0.3 is 0 Å². The lowest BCUT2D eigenvalue weighted by molar-refractivity contribution is -0.118. The molecular weight excluding hydrogens is 312 g/mol. The molecule has 0 aliphatic heterocycles. The molecule has 1 aromatic carbocycles. The van der Waals surface area contributed by atoms with Gasteiger partial charge in [-0.1, -0.05) is 23.9 Å². The summed E-state index contributed by atoms with van der Waals surface area (Å²) in [4.78, 5) is 20.8. The van der Waals surface area contributed by atoms with Crippen LogP contribution in [0.25, 0.3) is 16.6 Å². The normalized spacial score (nSPS) is 10.8. The van der Waals surface area contributed by atoms with Crippen molar-refractivity contribution in [2.75, 3.05) is 12.3 Å². The van der Waals surface area contributed by atoms with Crippen LogP contribution in [0.2, 0.25) is 0 Å². The van der Waals surface area contributed by atoms with E-state index in [1.165, 1.54) is 11.8 Å². The number of aryl methyl sites for hydroxylation is 1. The van der Waals surface area contributed by atoms with Crippen LogP contribution in [-0.2, 0) is 4.79 Å². The van der Waals surface area contributed by atoms with Crippen molar-refractivity contribution in [1.82, 2.24) is 24.9 Å². The number of aromatic nitrogens is 4. The van der Waals surface area contributed by atoms with Crippen molar-refractivity contribution < 1.29 is 4.79 Å². The van der Waals surface area contributed by atoms with Gasteiger partial charge in [0, 0.05) is 11.9 Å². The van der Waals surface area contributed by atoms with Gasteiger partial charge in [-0.25, -0.2) is 9.97 Å². The maximum atomic E-state index is 11.8. The van der Waals surface area contributed by atoms with Crippen molar-refractivity contribution in [3.63, 3.8) is 0 Å². The van der Waals surface area contributed by atoms with Gasteiger partial charge in [-0.3, -0.25) is 4.79 Å². The lowest BCUT2D eigenvalue weighted by atomic mass is 10.2. The molecule has 0 spiro atoms. The Morgan fingerprint density at radius 1 is 1.39 bits per heavy atom. The maximum Gasteiger partial charge on any atom is 0.230 e. The van der Waals surface area contributed by atoms with Crippen molar-refractivity contribution in [1.29, 1.82) is 5.26 Å².